The fourth-order valence-corrected chi connectivity index (χ4v) is 2.89. The van der Waals surface area contributed by atoms with E-state index in [4.69, 9.17) is 10.2 Å². The minimum Gasteiger partial charge on any atom is -0.481 e. The van der Waals surface area contributed by atoms with Gasteiger partial charge in [0.1, 0.15) is 6.04 Å². The number of rotatable bonds is 19. The van der Waals surface area contributed by atoms with E-state index in [1.807, 2.05) is 0 Å². The standard InChI is InChI=1S/C23H39NO5.Na/c1-2-3-4-5-6-7-8-9-10-11-12-13-14-15-16-17-21(25)24-20(23(28)29)18-19-22(26)27;/h6-7,9-10,20H,2-5,8,11-19H2,1H3,(H,24,25)(H,26,27)(H,28,29);/b7-6-,10-9-;/t20-;/m0./s1. The van der Waals surface area contributed by atoms with E-state index in [1.165, 1.54) is 25.7 Å². The number of amides is 1. The molecular weight excluding hydrogens is 393 g/mol. The van der Waals surface area contributed by atoms with Crippen LogP contribution < -0.4 is 5.32 Å². The maximum absolute atomic E-state index is 11.8. The molecule has 1 amide bonds. The average Bonchev–Trinajstić information content (AvgIpc) is 2.67. The van der Waals surface area contributed by atoms with Crippen molar-refractivity contribution in [3.8, 4) is 0 Å². The van der Waals surface area contributed by atoms with Gasteiger partial charge in [-0.2, -0.15) is 0 Å². The molecule has 0 aliphatic heterocycles. The number of allylic oxidation sites excluding steroid dienone is 4. The first-order valence-electron chi connectivity index (χ1n) is 11.0. The van der Waals surface area contributed by atoms with Crippen LogP contribution in [0.5, 0.6) is 0 Å². The summed E-state index contributed by atoms with van der Waals surface area (Å²) < 4.78 is 0. The number of carboxylic acids is 2. The second-order valence-electron chi connectivity index (χ2n) is 7.37. The molecule has 3 N–H and O–H groups in total. The summed E-state index contributed by atoms with van der Waals surface area (Å²) in [5.41, 5.74) is 0. The van der Waals surface area contributed by atoms with Crippen molar-refractivity contribution < 1.29 is 24.6 Å². The topological polar surface area (TPSA) is 104 Å². The summed E-state index contributed by atoms with van der Waals surface area (Å²) in [7, 11) is 0. The van der Waals surface area contributed by atoms with Gasteiger partial charge in [0, 0.05) is 42.4 Å². The second-order valence-corrected chi connectivity index (χ2v) is 7.37. The Kier molecular flexibility index (Phi) is 23.4. The Hall–Kier alpha value is -1.11. The summed E-state index contributed by atoms with van der Waals surface area (Å²) in [4.78, 5) is 33.4. The summed E-state index contributed by atoms with van der Waals surface area (Å²) >= 11 is 0. The second kappa shape index (κ2) is 22.6. The first kappa shape index (κ1) is 31.1. The van der Waals surface area contributed by atoms with Gasteiger partial charge in [-0.3, -0.25) is 9.59 Å². The van der Waals surface area contributed by atoms with Gasteiger partial charge in [-0.15, -0.1) is 0 Å². The molecule has 30 heavy (non-hydrogen) atoms. The molecule has 0 aromatic carbocycles. The van der Waals surface area contributed by atoms with Crippen LogP contribution in [0.4, 0.5) is 0 Å². The largest absolute Gasteiger partial charge is 0.481 e. The van der Waals surface area contributed by atoms with E-state index in [0.717, 1.165) is 44.9 Å². The molecule has 0 aromatic rings. The van der Waals surface area contributed by atoms with Crippen molar-refractivity contribution in [1.82, 2.24) is 5.32 Å². The van der Waals surface area contributed by atoms with Gasteiger partial charge in [-0.1, -0.05) is 63.3 Å². The van der Waals surface area contributed by atoms with Gasteiger partial charge < -0.3 is 15.5 Å². The zero-order valence-corrected chi connectivity index (χ0v) is 20.9. The van der Waals surface area contributed by atoms with E-state index in [1.54, 1.807) is 0 Å². The molecule has 0 saturated heterocycles. The maximum Gasteiger partial charge on any atom is 0.326 e. The van der Waals surface area contributed by atoms with Crippen LogP contribution in [-0.4, -0.2) is 63.7 Å². The van der Waals surface area contributed by atoms with Crippen LogP contribution in [0.2, 0.25) is 0 Å². The predicted molar refractivity (Wildman–Crippen MR) is 122 cm³/mol. The number of aliphatic carboxylic acids is 2. The van der Waals surface area contributed by atoms with Crippen LogP contribution in [0, 0.1) is 0 Å². The van der Waals surface area contributed by atoms with Crippen molar-refractivity contribution >= 4 is 47.4 Å². The average molecular weight is 433 g/mol. The third-order valence-electron chi connectivity index (χ3n) is 4.63. The molecular formula is C23H39NNaO5. The summed E-state index contributed by atoms with van der Waals surface area (Å²) in [6, 6.07) is -1.13. The van der Waals surface area contributed by atoms with Crippen molar-refractivity contribution in [2.75, 3.05) is 0 Å². The van der Waals surface area contributed by atoms with Crippen LogP contribution in [0.1, 0.15) is 96.8 Å². The quantitative estimate of drug-likeness (QED) is 0.154. The zero-order valence-electron chi connectivity index (χ0n) is 18.9. The van der Waals surface area contributed by atoms with Crippen LogP contribution in [0.15, 0.2) is 24.3 Å². The number of carboxylic acid groups (broad SMARTS) is 2. The van der Waals surface area contributed by atoms with Crippen molar-refractivity contribution in [2.45, 2.75) is 103 Å². The molecule has 7 heteroatoms. The zero-order chi connectivity index (χ0) is 21.7. The Bertz CT molecular complexity index is 520. The Labute approximate surface area is 203 Å². The molecule has 0 aliphatic carbocycles. The van der Waals surface area contributed by atoms with Crippen LogP contribution in [0.3, 0.4) is 0 Å². The first-order valence-corrected chi connectivity index (χ1v) is 11.0. The third kappa shape index (κ3) is 21.6. The molecule has 0 spiro atoms. The number of carbonyl (C=O) groups excluding carboxylic acids is 1. The van der Waals surface area contributed by atoms with Gasteiger partial charge in [0.05, 0.1) is 0 Å². The van der Waals surface area contributed by atoms with E-state index in [9.17, 15) is 14.4 Å². The summed E-state index contributed by atoms with van der Waals surface area (Å²) in [5, 5.41) is 20.0. The molecule has 0 unspecified atom stereocenters. The van der Waals surface area contributed by atoms with Crippen LogP contribution >= 0.6 is 0 Å². The molecule has 1 radical (unpaired) electrons. The Morgan fingerprint density at radius 3 is 1.93 bits per heavy atom. The Balaban J connectivity index is 0. The number of unbranched alkanes of at least 4 members (excludes halogenated alkanes) is 8. The number of hydrogen-bond donors (Lipinski definition) is 3. The molecule has 6 nitrogen and oxygen atoms in total. The minimum atomic E-state index is -1.19. The van der Waals surface area contributed by atoms with Crippen molar-refractivity contribution in [2.24, 2.45) is 0 Å². The molecule has 0 fully saturated rings. The molecule has 0 aliphatic rings. The maximum atomic E-state index is 11.8. The Morgan fingerprint density at radius 1 is 0.800 bits per heavy atom. The van der Waals surface area contributed by atoms with Crippen molar-refractivity contribution in [3.05, 3.63) is 24.3 Å². The fourth-order valence-electron chi connectivity index (χ4n) is 2.89. The molecule has 0 aromatic heterocycles. The molecule has 1 atom stereocenters. The minimum absolute atomic E-state index is 0. The molecule has 167 valence electrons. The summed E-state index contributed by atoms with van der Waals surface area (Å²) in [6.07, 6.45) is 20.9. The molecule has 0 bridgehead atoms. The SMILES string of the molecule is CCCCC/C=C\C/C=C\CCCCCCCC(=O)N[C@@H](CCC(=O)O)C(=O)O.[Na]. The molecule has 0 heterocycles. The Morgan fingerprint density at radius 2 is 1.37 bits per heavy atom. The number of nitrogens with one attached hydrogen (secondary N) is 1. The van der Waals surface area contributed by atoms with E-state index in [-0.39, 0.29) is 54.7 Å². The van der Waals surface area contributed by atoms with E-state index < -0.39 is 18.0 Å². The van der Waals surface area contributed by atoms with Crippen molar-refractivity contribution in [1.29, 1.82) is 0 Å². The van der Waals surface area contributed by atoms with Crippen LogP contribution in [-0.2, 0) is 14.4 Å². The van der Waals surface area contributed by atoms with Gasteiger partial charge >= 0.3 is 11.9 Å². The monoisotopic (exact) mass is 432 g/mol. The number of carbonyl (C=O) groups is 3. The molecule has 0 saturated carbocycles. The van der Waals surface area contributed by atoms with Gasteiger partial charge in [0.25, 0.3) is 0 Å². The predicted octanol–water partition coefficient (Wildman–Crippen LogP) is 4.85. The first-order chi connectivity index (χ1) is 14.0. The number of hydrogen-bond acceptors (Lipinski definition) is 3. The third-order valence-corrected chi connectivity index (χ3v) is 4.63. The van der Waals surface area contributed by atoms with Gasteiger partial charge in [-0.05, 0) is 44.9 Å². The fraction of sp³-hybridized carbons (Fsp3) is 0.696. The van der Waals surface area contributed by atoms with Crippen molar-refractivity contribution in [3.63, 3.8) is 0 Å². The van der Waals surface area contributed by atoms with E-state index in [0.29, 0.717) is 0 Å². The van der Waals surface area contributed by atoms with Gasteiger partial charge in [-0.25, -0.2) is 4.79 Å². The van der Waals surface area contributed by atoms with Gasteiger partial charge in [0.2, 0.25) is 5.91 Å². The van der Waals surface area contributed by atoms with E-state index in [2.05, 4.69) is 36.5 Å². The van der Waals surface area contributed by atoms with E-state index >= 15 is 0 Å². The summed E-state index contributed by atoms with van der Waals surface area (Å²) in [5.74, 6) is -2.59. The normalized spacial score (nSPS) is 12.0. The molecule has 0 rings (SSSR count). The smallest absolute Gasteiger partial charge is 0.326 e. The van der Waals surface area contributed by atoms with Gasteiger partial charge in [0.15, 0.2) is 0 Å². The summed E-state index contributed by atoms with van der Waals surface area (Å²) in [6.45, 7) is 2.22. The van der Waals surface area contributed by atoms with Crippen LogP contribution in [0.25, 0.3) is 0 Å².